The minimum Gasteiger partial charge on any atom is -0.388 e. The van der Waals surface area contributed by atoms with E-state index in [0.717, 1.165) is 38.5 Å². The van der Waals surface area contributed by atoms with Crippen molar-refractivity contribution in [2.24, 2.45) is 0 Å². The van der Waals surface area contributed by atoms with Gasteiger partial charge in [0.1, 0.15) is 5.82 Å². The Morgan fingerprint density at radius 1 is 1.10 bits per heavy atom. The van der Waals surface area contributed by atoms with Crippen LogP contribution in [0.4, 0.5) is 11.5 Å². The molecule has 1 fully saturated rings. The van der Waals surface area contributed by atoms with Crippen molar-refractivity contribution in [1.29, 1.82) is 0 Å². The third-order valence-corrected chi connectivity index (χ3v) is 4.17. The second kappa shape index (κ2) is 5.67. The molecule has 0 bridgehead atoms. The van der Waals surface area contributed by atoms with E-state index in [1.807, 2.05) is 13.2 Å². The van der Waals surface area contributed by atoms with Gasteiger partial charge in [-0.2, -0.15) is 0 Å². The lowest BCUT2D eigenvalue weighted by Crippen LogP contribution is -2.46. The summed E-state index contributed by atoms with van der Waals surface area (Å²) in [6, 6.07) is 8.47. The predicted molar refractivity (Wildman–Crippen MR) is 85.6 cm³/mol. The van der Waals surface area contributed by atoms with Crippen LogP contribution in [0.5, 0.6) is 0 Å². The molecule has 0 unspecified atom stereocenters. The van der Waals surface area contributed by atoms with Crippen molar-refractivity contribution in [2.75, 3.05) is 50.0 Å². The van der Waals surface area contributed by atoms with Crippen LogP contribution in [-0.2, 0) is 0 Å². The van der Waals surface area contributed by atoms with Crippen molar-refractivity contribution in [2.45, 2.75) is 6.92 Å². The Hall–Kier alpha value is -1.81. The summed E-state index contributed by atoms with van der Waals surface area (Å²) in [7, 11) is 1.97. The van der Waals surface area contributed by atoms with Crippen molar-refractivity contribution < 1.29 is 0 Å². The lowest BCUT2D eigenvalue weighted by Gasteiger charge is -2.35. The predicted octanol–water partition coefficient (Wildman–Crippen LogP) is 2.42. The van der Waals surface area contributed by atoms with Gasteiger partial charge >= 0.3 is 0 Å². The number of pyridine rings is 1. The van der Waals surface area contributed by atoms with Gasteiger partial charge in [-0.05, 0) is 18.7 Å². The maximum absolute atomic E-state index is 4.64. The fourth-order valence-corrected chi connectivity index (χ4v) is 2.94. The maximum atomic E-state index is 4.64. The van der Waals surface area contributed by atoms with Gasteiger partial charge < -0.3 is 15.1 Å². The molecule has 1 aromatic heterocycles. The smallest absolute Gasteiger partial charge is 0.136 e. The number of likely N-dealkylation sites (N-methyl/N-ethyl adjacent to an activating group) is 1. The highest BCUT2D eigenvalue weighted by atomic mass is 15.3. The molecule has 4 nitrogen and oxygen atoms in total. The topological polar surface area (TPSA) is 31.4 Å². The summed E-state index contributed by atoms with van der Waals surface area (Å²) < 4.78 is 0. The van der Waals surface area contributed by atoms with E-state index in [4.69, 9.17) is 0 Å². The van der Waals surface area contributed by atoms with Gasteiger partial charge in [0.25, 0.3) is 0 Å². The summed E-state index contributed by atoms with van der Waals surface area (Å²) in [5.74, 6) is 1.12. The molecule has 0 amide bonds. The fraction of sp³-hybridized carbons (Fsp3) is 0.438. The Morgan fingerprint density at radius 2 is 1.90 bits per heavy atom. The Balaban J connectivity index is 1.96. The zero-order valence-corrected chi connectivity index (χ0v) is 12.3. The van der Waals surface area contributed by atoms with Crippen molar-refractivity contribution in [3.05, 3.63) is 30.5 Å². The van der Waals surface area contributed by atoms with Gasteiger partial charge in [0.2, 0.25) is 0 Å². The molecule has 0 atom stereocenters. The summed E-state index contributed by atoms with van der Waals surface area (Å²) in [5, 5.41) is 5.75. The number of fused-ring (bicyclic) bond motifs is 1. The fourth-order valence-electron chi connectivity index (χ4n) is 2.94. The van der Waals surface area contributed by atoms with Crippen molar-refractivity contribution in [3.8, 4) is 0 Å². The molecule has 20 heavy (non-hydrogen) atoms. The number of nitrogens with one attached hydrogen (secondary N) is 1. The number of aromatic nitrogens is 1. The second-order valence-electron chi connectivity index (χ2n) is 5.21. The van der Waals surface area contributed by atoms with Gasteiger partial charge in [-0.1, -0.05) is 19.1 Å². The standard InChI is InChI=1S/C16H22N4/c1-3-19-9-11-20(12-10-19)16-14-5-4-6-15(17-2)13(14)7-8-18-16/h4-8,17H,3,9-12H2,1-2H3. The summed E-state index contributed by atoms with van der Waals surface area (Å²) in [6.07, 6.45) is 1.92. The van der Waals surface area contributed by atoms with Crippen LogP contribution in [0.25, 0.3) is 10.8 Å². The van der Waals surface area contributed by atoms with Crippen LogP contribution in [0.15, 0.2) is 30.5 Å². The molecule has 1 aromatic carbocycles. The molecule has 0 aliphatic carbocycles. The molecular weight excluding hydrogens is 248 g/mol. The second-order valence-corrected chi connectivity index (χ2v) is 5.21. The first-order chi connectivity index (χ1) is 9.83. The third kappa shape index (κ3) is 2.31. The first-order valence-electron chi connectivity index (χ1n) is 7.36. The number of rotatable bonds is 3. The van der Waals surface area contributed by atoms with E-state index in [2.05, 4.69) is 51.3 Å². The van der Waals surface area contributed by atoms with Crippen LogP contribution in [0.1, 0.15) is 6.92 Å². The van der Waals surface area contributed by atoms with Crippen LogP contribution < -0.4 is 10.2 Å². The van der Waals surface area contributed by atoms with E-state index in [0.29, 0.717) is 0 Å². The van der Waals surface area contributed by atoms with Gasteiger partial charge in [-0.3, -0.25) is 0 Å². The number of benzene rings is 1. The van der Waals surface area contributed by atoms with E-state index < -0.39 is 0 Å². The van der Waals surface area contributed by atoms with E-state index in [9.17, 15) is 0 Å². The molecule has 0 spiro atoms. The summed E-state index contributed by atoms with van der Waals surface area (Å²) in [4.78, 5) is 9.53. The number of hydrogen-bond acceptors (Lipinski definition) is 4. The Bertz CT molecular complexity index is 588. The van der Waals surface area contributed by atoms with Crippen LogP contribution >= 0.6 is 0 Å². The minimum atomic E-state index is 1.06. The van der Waals surface area contributed by atoms with E-state index in [-0.39, 0.29) is 0 Å². The first kappa shape index (κ1) is 13.2. The number of piperazine rings is 1. The average Bonchev–Trinajstić information content (AvgIpc) is 2.54. The van der Waals surface area contributed by atoms with Gasteiger partial charge in [0, 0.05) is 55.9 Å². The minimum absolute atomic E-state index is 1.06. The van der Waals surface area contributed by atoms with Gasteiger partial charge in [0.15, 0.2) is 0 Å². The molecule has 4 heteroatoms. The first-order valence-corrected chi connectivity index (χ1v) is 7.36. The van der Waals surface area contributed by atoms with Crippen molar-refractivity contribution in [1.82, 2.24) is 9.88 Å². The molecule has 1 aliphatic heterocycles. The average molecular weight is 270 g/mol. The van der Waals surface area contributed by atoms with Crippen LogP contribution in [0, 0.1) is 0 Å². The third-order valence-electron chi connectivity index (χ3n) is 4.17. The Kier molecular flexibility index (Phi) is 3.74. The molecule has 2 heterocycles. The summed E-state index contributed by atoms with van der Waals surface area (Å²) in [6.45, 7) is 7.74. The SMILES string of the molecule is CCN1CCN(c2nccc3c(NC)cccc23)CC1. The van der Waals surface area contributed by atoms with Crippen LogP contribution in [0.2, 0.25) is 0 Å². The zero-order chi connectivity index (χ0) is 13.9. The molecular formula is C16H22N4. The van der Waals surface area contributed by atoms with Crippen molar-refractivity contribution >= 4 is 22.3 Å². The zero-order valence-electron chi connectivity index (χ0n) is 12.3. The molecule has 1 aliphatic rings. The van der Waals surface area contributed by atoms with Gasteiger partial charge in [0.05, 0.1) is 0 Å². The number of hydrogen-bond donors (Lipinski definition) is 1. The highest BCUT2D eigenvalue weighted by molar-refractivity contribution is 6.00. The van der Waals surface area contributed by atoms with E-state index in [1.165, 1.54) is 16.5 Å². The molecule has 0 saturated carbocycles. The van der Waals surface area contributed by atoms with Crippen molar-refractivity contribution in [3.63, 3.8) is 0 Å². The Labute approximate surface area is 120 Å². The maximum Gasteiger partial charge on any atom is 0.136 e. The number of anilines is 2. The monoisotopic (exact) mass is 270 g/mol. The highest BCUT2D eigenvalue weighted by Crippen LogP contribution is 2.29. The summed E-state index contributed by atoms with van der Waals surface area (Å²) >= 11 is 0. The Morgan fingerprint density at radius 3 is 2.60 bits per heavy atom. The number of nitrogens with zero attached hydrogens (tertiary/aromatic N) is 3. The quantitative estimate of drug-likeness (QED) is 0.928. The summed E-state index contributed by atoms with van der Waals surface area (Å²) in [5.41, 5.74) is 1.17. The lowest BCUT2D eigenvalue weighted by atomic mass is 10.1. The lowest BCUT2D eigenvalue weighted by molar-refractivity contribution is 0.271. The molecule has 1 N–H and O–H groups in total. The molecule has 2 aromatic rings. The molecule has 0 radical (unpaired) electrons. The van der Waals surface area contributed by atoms with E-state index in [1.54, 1.807) is 0 Å². The van der Waals surface area contributed by atoms with Gasteiger partial charge in [-0.15, -0.1) is 0 Å². The van der Waals surface area contributed by atoms with Crippen LogP contribution in [0.3, 0.4) is 0 Å². The highest BCUT2D eigenvalue weighted by Gasteiger charge is 2.18. The molecule has 1 saturated heterocycles. The molecule has 3 rings (SSSR count). The van der Waals surface area contributed by atoms with Crippen LogP contribution in [-0.4, -0.2) is 49.7 Å². The largest absolute Gasteiger partial charge is 0.388 e. The van der Waals surface area contributed by atoms with Gasteiger partial charge in [-0.25, -0.2) is 4.98 Å². The molecule has 106 valence electrons. The van der Waals surface area contributed by atoms with E-state index >= 15 is 0 Å². The normalized spacial score (nSPS) is 16.6.